The van der Waals surface area contributed by atoms with Crippen molar-refractivity contribution in [3.8, 4) is 0 Å². The lowest BCUT2D eigenvalue weighted by Gasteiger charge is -2.20. The number of hydrogen-bond donors (Lipinski definition) is 0. The van der Waals surface area contributed by atoms with Crippen LogP contribution in [0.3, 0.4) is 0 Å². The van der Waals surface area contributed by atoms with Crippen LogP contribution in [0.25, 0.3) is 0 Å². The van der Waals surface area contributed by atoms with Gasteiger partial charge in [-0.1, -0.05) is 12.1 Å². The second-order valence-electron chi connectivity index (χ2n) is 4.09. The van der Waals surface area contributed by atoms with Gasteiger partial charge in [0.2, 0.25) is 0 Å². The van der Waals surface area contributed by atoms with E-state index in [0.717, 1.165) is 17.7 Å². The van der Waals surface area contributed by atoms with Crippen molar-refractivity contribution in [2.45, 2.75) is 19.4 Å². The topological polar surface area (TPSA) is 20.3 Å². The average Bonchev–Trinajstić information content (AvgIpc) is 2.65. The Morgan fingerprint density at radius 2 is 2.19 bits per heavy atom. The Hall–Kier alpha value is -1.64. The summed E-state index contributed by atoms with van der Waals surface area (Å²) in [5, 5.41) is 0. The SMILES string of the molecule is CN(Cc1cccc(F)c1)C1=CC(=O)CC1. The standard InChI is InChI=1S/C13H14FNO/c1-15(12-5-6-13(16)8-12)9-10-3-2-4-11(14)7-10/h2-4,7-8H,5-6,9H2,1H3. The van der Waals surface area contributed by atoms with Crippen LogP contribution in [0.15, 0.2) is 36.0 Å². The molecular formula is C13H14FNO. The maximum Gasteiger partial charge on any atom is 0.157 e. The van der Waals surface area contributed by atoms with Crippen LogP contribution in [-0.2, 0) is 11.3 Å². The zero-order valence-electron chi connectivity index (χ0n) is 9.24. The van der Waals surface area contributed by atoms with Crippen molar-refractivity contribution in [3.63, 3.8) is 0 Å². The van der Waals surface area contributed by atoms with Crippen LogP contribution in [-0.4, -0.2) is 17.7 Å². The number of carbonyl (C=O) groups excluding carboxylic acids is 1. The van der Waals surface area contributed by atoms with Gasteiger partial charge in [0, 0.05) is 31.8 Å². The Morgan fingerprint density at radius 3 is 2.81 bits per heavy atom. The zero-order valence-corrected chi connectivity index (χ0v) is 9.24. The average molecular weight is 219 g/mol. The summed E-state index contributed by atoms with van der Waals surface area (Å²) in [5.41, 5.74) is 1.96. The van der Waals surface area contributed by atoms with Crippen LogP contribution >= 0.6 is 0 Å². The van der Waals surface area contributed by atoms with E-state index in [9.17, 15) is 9.18 Å². The molecule has 0 spiro atoms. The summed E-state index contributed by atoms with van der Waals surface area (Å²) >= 11 is 0. The molecule has 0 aliphatic heterocycles. The Morgan fingerprint density at radius 1 is 1.38 bits per heavy atom. The van der Waals surface area contributed by atoms with Gasteiger partial charge in [-0.3, -0.25) is 4.79 Å². The molecule has 0 bridgehead atoms. The molecular weight excluding hydrogens is 205 g/mol. The highest BCUT2D eigenvalue weighted by molar-refractivity contribution is 5.92. The van der Waals surface area contributed by atoms with Gasteiger partial charge in [-0.25, -0.2) is 4.39 Å². The third-order valence-electron chi connectivity index (χ3n) is 2.75. The van der Waals surface area contributed by atoms with Gasteiger partial charge < -0.3 is 4.90 Å². The quantitative estimate of drug-likeness (QED) is 0.778. The molecule has 0 radical (unpaired) electrons. The van der Waals surface area contributed by atoms with Gasteiger partial charge in [0.25, 0.3) is 0 Å². The zero-order chi connectivity index (χ0) is 11.5. The fourth-order valence-corrected chi connectivity index (χ4v) is 1.89. The Labute approximate surface area is 94.4 Å². The number of hydrogen-bond acceptors (Lipinski definition) is 2. The van der Waals surface area contributed by atoms with Gasteiger partial charge in [0.1, 0.15) is 5.82 Å². The van der Waals surface area contributed by atoms with E-state index in [0.29, 0.717) is 13.0 Å². The van der Waals surface area contributed by atoms with Crippen LogP contribution in [0.4, 0.5) is 4.39 Å². The molecule has 0 N–H and O–H groups in total. The van der Waals surface area contributed by atoms with E-state index in [-0.39, 0.29) is 11.6 Å². The molecule has 2 nitrogen and oxygen atoms in total. The number of rotatable bonds is 3. The highest BCUT2D eigenvalue weighted by Crippen LogP contribution is 2.19. The molecule has 1 aromatic rings. The molecule has 1 aromatic carbocycles. The lowest BCUT2D eigenvalue weighted by atomic mass is 10.2. The maximum absolute atomic E-state index is 13.0. The van der Waals surface area contributed by atoms with Gasteiger partial charge in [-0.15, -0.1) is 0 Å². The van der Waals surface area contributed by atoms with Crippen molar-refractivity contribution in [2.24, 2.45) is 0 Å². The minimum Gasteiger partial charge on any atom is -0.373 e. The molecule has 0 atom stereocenters. The summed E-state index contributed by atoms with van der Waals surface area (Å²) in [4.78, 5) is 13.1. The first-order valence-corrected chi connectivity index (χ1v) is 5.34. The van der Waals surface area contributed by atoms with E-state index in [4.69, 9.17) is 0 Å². The third kappa shape index (κ3) is 2.48. The second kappa shape index (κ2) is 4.47. The summed E-state index contributed by atoms with van der Waals surface area (Å²) < 4.78 is 13.0. The molecule has 0 saturated heterocycles. The lowest BCUT2D eigenvalue weighted by Crippen LogP contribution is -2.16. The van der Waals surface area contributed by atoms with E-state index < -0.39 is 0 Å². The summed E-state index contributed by atoms with van der Waals surface area (Å²) in [5.74, 6) is -0.0385. The molecule has 1 aliphatic rings. The predicted molar refractivity (Wildman–Crippen MR) is 60.2 cm³/mol. The highest BCUT2D eigenvalue weighted by atomic mass is 19.1. The van der Waals surface area contributed by atoms with Gasteiger partial charge in [0.05, 0.1) is 0 Å². The third-order valence-corrected chi connectivity index (χ3v) is 2.75. The lowest BCUT2D eigenvalue weighted by molar-refractivity contribution is -0.114. The van der Waals surface area contributed by atoms with Crippen LogP contribution in [0.1, 0.15) is 18.4 Å². The van der Waals surface area contributed by atoms with E-state index in [1.54, 1.807) is 12.1 Å². The minimum absolute atomic E-state index is 0.182. The van der Waals surface area contributed by atoms with Crippen LogP contribution in [0.2, 0.25) is 0 Å². The number of halogens is 1. The summed E-state index contributed by atoms with van der Waals surface area (Å²) in [6, 6.07) is 6.54. The molecule has 0 aromatic heterocycles. The largest absolute Gasteiger partial charge is 0.373 e. The molecule has 0 unspecified atom stereocenters. The molecule has 0 fully saturated rings. The molecule has 1 aliphatic carbocycles. The van der Waals surface area contributed by atoms with Crippen LogP contribution < -0.4 is 0 Å². The number of allylic oxidation sites excluding steroid dienone is 2. The Balaban J connectivity index is 2.05. The Kier molecular flexibility index (Phi) is 3.04. The molecule has 0 heterocycles. The summed E-state index contributed by atoms with van der Waals surface area (Å²) in [7, 11) is 1.93. The van der Waals surface area contributed by atoms with E-state index in [1.807, 2.05) is 18.0 Å². The predicted octanol–water partition coefficient (Wildman–Crippen LogP) is 2.50. The molecule has 84 valence electrons. The number of ketones is 1. The van der Waals surface area contributed by atoms with Crippen molar-refractivity contribution in [1.82, 2.24) is 4.90 Å². The van der Waals surface area contributed by atoms with Crippen molar-refractivity contribution < 1.29 is 9.18 Å². The number of nitrogens with zero attached hydrogens (tertiary/aromatic N) is 1. The first-order chi connectivity index (χ1) is 7.65. The molecule has 2 rings (SSSR count). The summed E-state index contributed by atoms with van der Waals surface area (Å²) in [6.45, 7) is 0.636. The van der Waals surface area contributed by atoms with Crippen LogP contribution in [0.5, 0.6) is 0 Å². The fraction of sp³-hybridized carbons (Fsp3) is 0.308. The maximum atomic E-state index is 13.0. The van der Waals surface area contributed by atoms with Crippen molar-refractivity contribution in [3.05, 3.63) is 47.4 Å². The minimum atomic E-state index is -0.220. The fourth-order valence-electron chi connectivity index (χ4n) is 1.89. The van der Waals surface area contributed by atoms with Crippen LogP contribution in [0, 0.1) is 5.82 Å². The van der Waals surface area contributed by atoms with E-state index >= 15 is 0 Å². The van der Waals surface area contributed by atoms with E-state index in [2.05, 4.69) is 0 Å². The summed E-state index contributed by atoms with van der Waals surface area (Å²) in [6.07, 6.45) is 3.08. The first kappa shape index (κ1) is 10.9. The monoisotopic (exact) mass is 219 g/mol. The first-order valence-electron chi connectivity index (χ1n) is 5.34. The number of benzene rings is 1. The molecule has 3 heteroatoms. The van der Waals surface area contributed by atoms with Crippen molar-refractivity contribution in [1.29, 1.82) is 0 Å². The molecule has 16 heavy (non-hydrogen) atoms. The van der Waals surface area contributed by atoms with Gasteiger partial charge in [-0.05, 0) is 24.1 Å². The van der Waals surface area contributed by atoms with Crippen molar-refractivity contribution >= 4 is 5.78 Å². The normalized spacial score (nSPS) is 15.1. The van der Waals surface area contributed by atoms with Gasteiger partial charge in [-0.2, -0.15) is 0 Å². The molecule has 0 amide bonds. The van der Waals surface area contributed by atoms with Crippen molar-refractivity contribution in [2.75, 3.05) is 7.05 Å². The molecule has 0 saturated carbocycles. The van der Waals surface area contributed by atoms with Gasteiger partial charge >= 0.3 is 0 Å². The Bertz CT molecular complexity index is 439. The van der Waals surface area contributed by atoms with E-state index in [1.165, 1.54) is 12.1 Å². The second-order valence-corrected chi connectivity index (χ2v) is 4.09. The number of carbonyl (C=O) groups is 1. The highest BCUT2D eigenvalue weighted by Gasteiger charge is 2.15. The smallest absolute Gasteiger partial charge is 0.157 e. The van der Waals surface area contributed by atoms with Gasteiger partial charge in [0.15, 0.2) is 5.78 Å².